The topological polar surface area (TPSA) is 65.3 Å². The summed E-state index contributed by atoms with van der Waals surface area (Å²) in [5.74, 6) is 0.151. The lowest BCUT2D eigenvalue weighted by atomic mass is 10.4. The molecule has 0 aromatic carbocycles. The highest BCUT2D eigenvalue weighted by molar-refractivity contribution is 7.09. The SMILES string of the molecule is O=[N+]([O-])c1cc(Cl)nc(OCc2cccs2)c1. The molecule has 0 amide bonds. The number of hydrogen-bond donors (Lipinski definition) is 0. The van der Waals surface area contributed by atoms with Gasteiger partial charge in [0, 0.05) is 4.88 Å². The Labute approximate surface area is 106 Å². The molecule has 5 nitrogen and oxygen atoms in total. The van der Waals surface area contributed by atoms with Crippen LogP contribution in [0.15, 0.2) is 29.6 Å². The van der Waals surface area contributed by atoms with E-state index in [-0.39, 0.29) is 16.7 Å². The van der Waals surface area contributed by atoms with E-state index in [1.807, 2.05) is 17.5 Å². The predicted octanol–water partition coefficient (Wildman–Crippen LogP) is 3.28. The van der Waals surface area contributed by atoms with Gasteiger partial charge in [0.2, 0.25) is 5.88 Å². The summed E-state index contributed by atoms with van der Waals surface area (Å²) in [6, 6.07) is 6.24. The molecule has 0 unspecified atom stereocenters. The van der Waals surface area contributed by atoms with Crippen molar-refractivity contribution < 1.29 is 9.66 Å². The molecule has 0 radical (unpaired) electrons. The molecule has 2 heterocycles. The lowest BCUT2D eigenvalue weighted by Gasteiger charge is -2.03. The number of nitrogens with zero attached hydrogens (tertiary/aromatic N) is 2. The van der Waals surface area contributed by atoms with Crippen molar-refractivity contribution in [3.05, 3.63) is 49.8 Å². The van der Waals surface area contributed by atoms with E-state index >= 15 is 0 Å². The summed E-state index contributed by atoms with van der Waals surface area (Å²) >= 11 is 7.20. The molecular formula is C10H7ClN2O3S. The Kier molecular flexibility index (Phi) is 3.55. The van der Waals surface area contributed by atoms with Gasteiger partial charge < -0.3 is 4.74 Å². The second-order valence-corrected chi connectivity index (χ2v) is 4.53. The Hall–Kier alpha value is -1.66. The van der Waals surface area contributed by atoms with Crippen LogP contribution in [0, 0.1) is 10.1 Å². The summed E-state index contributed by atoms with van der Waals surface area (Å²) in [5.41, 5.74) is -0.133. The zero-order valence-electron chi connectivity index (χ0n) is 8.50. The quantitative estimate of drug-likeness (QED) is 0.486. The average Bonchev–Trinajstić information content (AvgIpc) is 2.78. The van der Waals surface area contributed by atoms with Crippen LogP contribution in [-0.2, 0) is 6.61 Å². The van der Waals surface area contributed by atoms with Crippen LogP contribution in [0.25, 0.3) is 0 Å². The van der Waals surface area contributed by atoms with Gasteiger partial charge in [-0.2, -0.15) is 0 Å². The van der Waals surface area contributed by atoms with E-state index in [4.69, 9.17) is 16.3 Å². The summed E-state index contributed by atoms with van der Waals surface area (Å²) in [6.45, 7) is 0.322. The van der Waals surface area contributed by atoms with E-state index in [1.54, 1.807) is 0 Å². The molecule has 2 aromatic heterocycles. The average molecular weight is 271 g/mol. The van der Waals surface area contributed by atoms with Crippen LogP contribution in [0.3, 0.4) is 0 Å². The molecule has 0 aliphatic rings. The molecule has 0 atom stereocenters. The van der Waals surface area contributed by atoms with Crippen molar-refractivity contribution in [2.24, 2.45) is 0 Å². The minimum Gasteiger partial charge on any atom is -0.472 e. The molecule has 0 aliphatic heterocycles. The number of thiophene rings is 1. The molecule has 2 rings (SSSR count). The number of aromatic nitrogens is 1. The van der Waals surface area contributed by atoms with Crippen molar-refractivity contribution >= 4 is 28.6 Å². The van der Waals surface area contributed by atoms with Gasteiger partial charge in [0.15, 0.2) is 0 Å². The second-order valence-electron chi connectivity index (χ2n) is 3.11. The summed E-state index contributed by atoms with van der Waals surface area (Å²) < 4.78 is 5.33. The first kappa shape index (κ1) is 11.8. The fraction of sp³-hybridized carbons (Fsp3) is 0.100. The largest absolute Gasteiger partial charge is 0.472 e. The minimum atomic E-state index is -0.536. The predicted molar refractivity (Wildman–Crippen MR) is 64.6 cm³/mol. The third-order valence-electron chi connectivity index (χ3n) is 1.91. The molecular weight excluding hydrogens is 264 g/mol. The molecule has 0 saturated heterocycles. The molecule has 0 saturated carbocycles. The van der Waals surface area contributed by atoms with Gasteiger partial charge >= 0.3 is 0 Å². The Morgan fingerprint density at radius 1 is 1.53 bits per heavy atom. The van der Waals surface area contributed by atoms with Crippen LogP contribution in [0.5, 0.6) is 5.88 Å². The van der Waals surface area contributed by atoms with Crippen molar-refractivity contribution in [2.75, 3.05) is 0 Å². The monoisotopic (exact) mass is 270 g/mol. The van der Waals surface area contributed by atoms with Crippen molar-refractivity contribution in [2.45, 2.75) is 6.61 Å². The van der Waals surface area contributed by atoms with E-state index in [9.17, 15) is 10.1 Å². The zero-order chi connectivity index (χ0) is 12.3. The Morgan fingerprint density at radius 2 is 2.35 bits per heavy atom. The maximum atomic E-state index is 10.6. The Morgan fingerprint density at radius 3 is 3.00 bits per heavy atom. The van der Waals surface area contributed by atoms with Crippen LogP contribution in [0.4, 0.5) is 5.69 Å². The molecule has 88 valence electrons. The first-order valence-corrected chi connectivity index (χ1v) is 5.88. The fourth-order valence-electron chi connectivity index (χ4n) is 1.18. The molecule has 0 spiro atoms. The van der Waals surface area contributed by atoms with Gasteiger partial charge in [-0.25, -0.2) is 4.98 Å². The lowest BCUT2D eigenvalue weighted by molar-refractivity contribution is -0.385. The van der Waals surface area contributed by atoms with Gasteiger partial charge in [0.25, 0.3) is 5.69 Å². The van der Waals surface area contributed by atoms with E-state index in [1.165, 1.54) is 23.5 Å². The van der Waals surface area contributed by atoms with Gasteiger partial charge in [0.1, 0.15) is 11.8 Å². The first-order chi connectivity index (χ1) is 8.15. The highest BCUT2D eigenvalue weighted by Crippen LogP contribution is 2.23. The van der Waals surface area contributed by atoms with E-state index < -0.39 is 4.92 Å². The summed E-state index contributed by atoms with van der Waals surface area (Å²) in [7, 11) is 0. The van der Waals surface area contributed by atoms with Crippen LogP contribution in [-0.4, -0.2) is 9.91 Å². The van der Waals surface area contributed by atoms with Crippen LogP contribution in [0.1, 0.15) is 4.88 Å². The molecule has 0 N–H and O–H groups in total. The Balaban J connectivity index is 2.13. The number of rotatable bonds is 4. The summed E-state index contributed by atoms with van der Waals surface area (Å²) in [5, 5.41) is 12.6. The number of hydrogen-bond acceptors (Lipinski definition) is 5. The third kappa shape index (κ3) is 3.15. The molecule has 2 aromatic rings. The van der Waals surface area contributed by atoms with Gasteiger partial charge in [-0.05, 0) is 11.4 Å². The summed E-state index contributed by atoms with van der Waals surface area (Å²) in [4.78, 5) is 14.9. The maximum absolute atomic E-state index is 10.6. The maximum Gasteiger partial charge on any atom is 0.277 e. The number of nitro groups is 1. The van der Waals surface area contributed by atoms with Crippen LogP contribution in [0.2, 0.25) is 5.15 Å². The molecule has 17 heavy (non-hydrogen) atoms. The smallest absolute Gasteiger partial charge is 0.277 e. The molecule has 0 bridgehead atoms. The number of ether oxygens (including phenoxy) is 1. The highest BCUT2D eigenvalue weighted by atomic mass is 35.5. The second kappa shape index (κ2) is 5.11. The number of pyridine rings is 1. The normalized spacial score (nSPS) is 10.2. The standard InChI is InChI=1S/C10H7ClN2O3S/c11-9-4-7(13(14)15)5-10(12-9)16-6-8-2-1-3-17-8/h1-5H,6H2. The minimum absolute atomic E-state index is 0.0420. The van der Waals surface area contributed by atoms with Gasteiger partial charge in [-0.3, -0.25) is 10.1 Å². The first-order valence-electron chi connectivity index (χ1n) is 4.62. The third-order valence-corrected chi connectivity index (χ3v) is 2.95. The van der Waals surface area contributed by atoms with Crippen molar-refractivity contribution in [3.8, 4) is 5.88 Å². The van der Waals surface area contributed by atoms with Crippen LogP contribution < -0.4 is 4.74 Å². The highest BCUT2D eigenvalue weighted by Gasteiger charge is 2.11. The molecule has 0 aliphatic carbocycles. The zero-order valence-corrected chi connectivity index (χ0v) is 10.1. The number of halogens is 1. The van der Waals surface area contributed by atoms with Gasteiger partial charge in [-0.1, -0.05) is 17.7 Å². The van der Waals surface area contributed by atoms with Crippen LogP contribution >= 0.6 is 22.9 Å². The lowest BCUT2D eigenvalue weighted by Crippen LogP contribution is -1.97. The van der Waals surface area contributed by atoms with E-state index in [0.717, 1.165) is 4.88 Å². The van der Waals surface area contributed by atoms with Crippen molar-refractivity contribution in [1.82, 2.24) is 4.98 Å². The van der Waals surface area contributed by atoms with Crippen molar-refractivity contribution in [1.29, 1.82) is 0 Å². The van der Waals surface area contributed by atoms with E-state index in [0.29, 0.717) is 6.61 Å². The van der Waals surface area contributed by atoms with Gasteiger partial charge in [-0.15, -0.1) is 11.3 Å². The summed E-state index contributed by atoms with van der Waals surface area (Å²) in [6.07, 6.45) is 0. The van der Waals surface area contributed by atoms with Crippen molar-refractivity contribution in [3.63, 3.8) is 0 Å². The Bertz CT molecular complexity index is 530. The fourth-order valence-corrected chi connectivity index (χ4v) is 1.99. The molecule has 7 heteroatoms. The van der Waals surface area contributed by atoms with Gasteiger partial charge in [0.05, 0.1) is 17.1 Å². The van der Waals surface area contributed by atoms with E-state index in [2.05, 4.69) is 4.98 Å². The molecule has 0 fully saturated rings.